The van der Waals surface area contributed by atoms with Crippen molar-refractivity contribution >= 4 is 8.03 Å². The Morgan fingerprint density at radius 1 is 0.773 bits per heavy atom. The van der Waals surface area contributed by atoms with Crippen molar-refractivity contribution in [1.29, 1.82) is 0 Å². The summed E-state index contributed by atoms with van der Waals surface area (Å²) in [6, 6.07) is 0. The zero-order chi connectivity index (χ0) is 15.8. The summed E-state index contributed by atoms with van der Waals surface area (Å²) in [6.45, 7) is 2.24. The molecule has 3 heteroatoms. The highest BCUT2D eigenvalue weighted by Gasteiger charge is 2.52. The number of hydrogen-bond acceptors (Lipinski definition) is 2. The summed E-state index contributed by atoms with van der Waals surface area (Å²) in [5, 5.41) is -0.399. The second kappa shape index (κ2) is 9.38. The average molecular weight is 326 g/mol. The molecule has 0 aromatic rings. The summed E-state index contributed by atoms with van der Waals surface area (Å²) in [5.41, 5.74) is 0. The zero-order valence-electron chi connectivity index (χ0n) is 14.5. The number of rotatable bonds is 2. The van der Waals surface area contributed by atoms with Crippen LogP contribution in [0.25, 0.3) is 0 Å². The molecule has 0 bridgehead atoms. The molecule has 2 aliphatic rings. The molecular weight excluding hydrogens is 291 g/mol. The van der Waals surface area contributed by atoms with Gasteiger partial charge in [0.15, 0.2) is 5.16 Å². The fourth-order valence-corrected chi connectivity index (χ4v) is 6.43. The Balaban J connectivity index is 2.22. The summed E-state index contributed by atoms with van der Waals surface area (Å²) in [7, 11) is -2.34. The number of hydrogen-bond donors (Lipinski definition) is 0. The molecule has 3 unspecified atom stereocenters. The van der Waals surface area contributed by atoms with Gasteiger partial charge in [-0.15, -0.1) is 0 Å². The largest absolute Gasteiger partial charge is 0.595 e. The molecule has 128 valence electrons. The molecule has 2 nitrogen and oxygen atoms in total. The van der Waals surface area contributed by atoms with E-state index in [1.54, 1.807) is 0 Å². The lowest BCUT2D eigenvalue weighted by Crippen LogP contribution is -2.43. The summed E-state index contributed by atoms with van der Waals surface area (Å²) in [4.78, 5) is 12.5. The van der Waals surface area contributed by atoms with Gasteiger partial charge >= 0.3 is 8.03 Å². The standard InChI is InChI=1S/C19H35O2P/c1-17-13-9-5-4-8-12-16-19(17,22(20)21)18-14-10-6-2-3-7-11-15-18/h17-18H,2-16H2,1H3. The van der Waals surface area contributed by atoms with Crippen LogP contribution in [0, 0.1) is 11.8 Å². The van der Waals surface area contributed by atoms with Gasteiger partial charge in [-0.05, 0) is 32.1 Å². The van der Waals surface area contributed by atoms with E-state index >= 15 is 0 Å². The third-order valence-electron chi connectivity index (χ3n) is 6.47. The average Bonchev–Trinajstić information content (AvgIpc) is 2.68. The van der Waals surface area contributed by atoms with Gasteiger partial charge in [-0.1, -0.05) is 75.7 Å². The predicted octanol–water partition coefficient (Wildman–Crippen LogP) is 5.96. The van der Waals surface area contributed by atoms with Gasteiger partial charge < -0.3 is 4.89 Å². The van der Waals surface area contributed by atoms with E-state index in [0.29, 0.717) is 11.8 Å². The van der Waals surface area contributed by atoms with Crippen molar-refractivity contribution in [1.82, 2.24) is 0 Å². The first-order valence-corrected chi connectivity index (χ1v) is 11.0. The molecule has 0 amide bonds. The maximum atomic E-state index is 12.5. The van der Waals surface area contributed by atoms with Gasteiger partial charge in [0.1, 0.15) is 0 Å². The second-order valence-corrected chi connectivity index (χ2v) is 9.20. The van der Waals surface area contributed by atoms with Crippen molar-refractivity contribution in [3.8, 4) is 0 Å². The molecule has 0 N–H and O–H groups in total. The molecule has 3 atom stereocenters. The maximum absolute atomic E-state index is 12.5. The molecular formula is C19H35O2P. The fourth-order valence-electron chi connectivity index (χ4n) is 5.04. The third-order valence-corrected chi connectivity index (χ3v) is 8.18. The van der Waals surface area contributed by atoms with Crippen molar-refractivity contribution in [2.24, 2.45) is 11.8 Å². The first-order chi connectivity index (χ1) is 10.7. The second-order valence-electron chi connectivity index (χ2n) is 7.85. The van der Waals surface area contributed by atoms with E-state index < -0.39 is 13.2 Å². The fraction of sp³-hybridized carbons (Fsp3) is 1.00. The molecule has 0 saturated heterocycles. The van der Waals surface area contributed by atoms with Gasteiger partial charge in [0.2, 0.25) is 0 Å². The topological polar surface area (TPSA) is 40.1 Å². The normalized spacial score (nSPS) is 34.5. The minimum absolute atomic E-state index is 0.345. The van der Waals surface area contributed by atoms with Crippen LogP contribution in [0.5, 0.6) is 0 Å². The minimum Gasteiger partial charge on any atom is -0.595 e. The molecule has 0 spiro atoms. The monoisotopic (exact) mass is 326 g/mol. The van der Waals surface area contributed by atoms with E-state index in [1.165, 1.54) is 64.2 Å². The summed E-state index contributed by atoms with van der Waals surface area (Å²) in [6.07, 6.45) is 18.3. The Bertz CT molecular complexity index is 334. The molecule has 0 aliphatic heterocycles. The van der Waals surface area contributed by atoms with Gasteiger partial charge in [-0.25, -0.2) is 0 Å². The van der Waals surface area contributed by atoms with E-state index in [1.807, 2.05) is 0 Å². The van der Waals surface area contributed by atoms with Crippen molar-refractivity contribution in [3.63, 3.8) is 0 Å². The van der Waals surface area contributed by atoms with E-state index in [9.17, 15) is 9.46 Å². The van der Waals surface area contributed by atoms with Crippen LogP contribution in [0.2, 0.25) is 0 Å². The smallest absolute Gasteiger partial charge is 0.315 e. The Morgan fingerprint density at radius 3 is 1.77 bits per heavy atom. The molecule has 2 rings (SSSR count). The van der Waals surface area contributed by atoms with E-state index in [2.05, 4.69) is 6.92 Å². The van der Waals surface area contributed by atoms with Gasteiger partial charge in [-0.3, -0.25) is 0 Å². The van der Waals surface area contributed by atoms with E-state index in [-0.39, 0.29) is 0 Å². The highest BCUT2D eigenvalue weighted by molar-refractivity contribution is 7.38. The lowest BCUT2D eigenvalue weighted by Gasteiger charge is -2.38. The van der Waals surface area contributed by atoms with Crippen molar-refractivity contribution in [3.05, 3.63) is 0 Å². The first kappa shape index (κ1) is 18.4. The SMILES string of the molecule is CC1CCCCCCCC1(C1CCCCCCCC1)[P+](=O)[O-]. The van der Waals surface area contributed by atoms with Crippen LogP contribution in [0.4, 0.5) is 0 Å². The Hall–Kier alpha value is 0.0600. The van der Waals surface area contributed by atoms with Crippen LogP contribution in [0.3, 0.4) is 0 Å². The molecule has 22 heavy (non-hydrogen) atoms. The summed E-state index contributed by atoms with van der Waals surface area (Å²) < 4.78 is 12.5. The van der Waals surface area contributed by atoms with Gasteiger partial charge in [0.25, 0.3) is 0 Å². The summed E-state index contributed by atoms with van der Waals surface area (Å²) >= 11 is 0. The lowest BCUT2D eigenvalue weighted by atomic mass is 9.72. The highest BCUT2D eigenvalue weighted by atomic mass is 31.1. The van der Waals surface area contributed by atoms with Crippen LogP contribution in [0.1, 0.15) is 103 Å². The van der Waals surface area contributed by atoms with E-state index in [0.717, 1.165) is 32.1 Å². The summed E-state index contributed by atoms with van der Waals surface area (Å²) in [5.74, 6) is 0.761. The van der Waals surface area contributed by atoms with Crippen LogP contribution >= 0.6 is 8.03 Å². The molecule has 0 radical (unpaired) electrons. The Labute approximate surface area is 138 Å². The van der Waals surface area contributed by atoms with Crippen molar-refractivity contribution < 1.29 is 9.46 Å². The molecule has 2 fully saturated rings. The Kier molecular flexibility index (Phi) is 7.84. The van der Waals surface area contributed by atoms with Crippen LogP contribution in [-0.4, -0.2) is 5.16 Å². The third kappa shape index (κ3) is 4.54. The van der Waals surface area contributed by atoms with Gasteiger partial charge in [0.05, 0.1) is 0 Å². The highest BCUT2D eigenvalue weighted by Crippen LogP contribution is 2.54. The molecule has 2 aliphatic carbocycles. The molecule has 0 heterocycles. The van der Waals surface area contributed by atoms with Crippen molar-refractivity contribution in [2.75, 3.05) is 0 Å². The molecule has 2 saturated carbocycles. The van der Waals surface area contributed by atoms with Crippen LogP contribution < -0.4 is 4.89 Å². The van der Waals surface area contributed by atoms with Gasteiger partial charge in [0, 0.05) is 11.8 Å². The van der Waals surface area contributed by atoms with Crippen molar-refractivity contribution in [2.45, 2.75) is 108 Å². The Morgan fingerprint density at radius 2 is 1.23 bits per heavy atom. The first-order valence-electron chi connectivity index (χ1n) is 9.82. The predicted molar refractivity (Wildman–Crippen MR) is 92.2 cm³/mol. The molecule has 0 aromatic carbocycles. The lowest BCUT2D eigenvalue weighted by molar-refractivity contribution is -0.173. The van der Waals surface area contributed by atoms with Crippen LogP contribution in [-0.2, 0) is 4.57 Å². The van der Waals surface area contributed by atoms with E-state index in [4.69, 9.17) is 0 Å². The molecule has 0 aromatic heterocycles. The van der Waals surface area contributed by atoms with Gasteiger partial charge in [-0.2, -0.15) is 0 Å². The van der Waals surface area contributed by atoms with Crippen LogP contribution in [0.15, 0.2) is 0 Å². The minimum atomic E-state index is -2.34. The quantitative estimate of drug-likeness (QED) is 0.587. The maximum Gasteiger partial charge on any atom is 0.315 e. The zero-order valence-corrected chi connectivity index (χ0v) is 15.4.